The van der Waals surface area contributed by atoms with Gasteiger partial charge in [0.2, 0.25) is 5.91 Å². The van der Waals surface area contributed by atoms with Crippen LogP contribution < -0.4 is 16.1 Å². The van der Waals surface area contributed by atoms with Crippen molar-refractivity contribution >= 4 is 11.6 Å². The minimum Gasteiger partial charge on any atom is -0.371 e. The second-order valence-electron chi connectivity index (χ2n) is 6.91. The molecular formula is C19H24N4O3. The van der Waals surface area contributed by atoms with Gasteiger partial charge in [-0.25, -0.2) is 4.79 Å². The first-order valence-corrected chi connectivity index (χ1v) is 8.78. The molecule has 0 bridgehead atoms. The summed E-state index contributed by atoms with van der Waals surface area (Å²) in [5.41, 5.74) is 0.645. The molecule has 3 rings (SSSR count). The molecule has 7 nitrogen and oxygen atoms in total. The third-order valence-electron chi connectivity index (χ3n) is 4.86. The van der Waals surface area contributed by atoms with Crippen LogP contribution in [0.15, 0.2) is 46.1 Å². The lowest BCUT2D eigenvalue weighted by Gasteiger charge is -2.23. The Morgan fingerprint density at radius 3 is 2.73 bits per heavy atom. The molecule has 7 heteroatoms. The molecule has 1 aromatic heterocycles. The van der Waals surface area contributed by atoms with Crippen LogP contribution in [0, 0.1) is 12.8 Å². The highest BCUT2D eigenvalue weighted by atomic mass is 16.2. The fourth-order valence-corrected chi connectivity index (χ4v) is 3.35. The number of aromatic nitrogens is 2. The van der Waals surface area contributed by atoms with Crippen LogP contribution >= 0.6 is 0 Å². The highest BCUT2D eigenvalue weighted by molar-refractivity contribution is 5.75. The summed E-state index contributed by atoms with van der Waals surface area (Å²) in [6, 6.07) is 10.3. The van der Waals surface area contributed by atoms with Crippen LogP contribution in [0.25, 0.3) is 0 Å². The number of anilines is 1. The summed E-state index contributed by atoms with van der Waals surface area (Å²) in [6.07, 6.45) is 2.46. The number of rotatable bonds is 5. The van der Waals surface area contributed by atoms with E-state index in [1.54, 1.807) is 18.9 Å². The van der Waals surface area contributed by atoms with E-state index in [0.29, 0.717) is 18.0 Å². The van der Waals surface area contributed by atoms with Crippen LogP contribution in [-0.2, 0) is 11.3 Å². The molecule has 1 aliphatic rings. The Hall–Kier alpha value is -2.83. The van der Waals surface area contributed by atoms with Crippen LogP contribution in [0.2, 0.25) is 0 Å². The van der Waals surface area contributed by atoms with Gasteiger partial charge in [0.05, 0.1) is 0 Å². The zero-order valence-electron chi connectivity index (χ0n) is 15.1. The second kappa shape index (κ2) is 7.59. The average molecular weight is 356 g/mol. The number of para-hydroxylation sites is 1. The quantitative estimate of drug-likeness (QED) is 0.861. The number of H-pyrrole nitrogens is 1. The molecule has 2 heterocycles. The topological polar surface area (TPSA) is 78.4 Å². The average Bonchev–Trinajstić information content (AvgIpc) is 3.09. The normalized spacial score (nSPS) is 16.7. The fraction of sp³-hybridized carbons (Fsp3) is 0.421. The Labute approximate surface area is 151 Å². The third kappa shape index (κ3) is 4.04. The van der Waals surface area contributed by atoms with E-state index in [4.69, 9.17) is 0 Å². The number of likely N-dealkylation sites (N-methyl/N-ethyl adjacent to an activating group) is 1. The Kier molecular flexibility index (Phi) is 5.25. The summed E-state index contributed by atoms with van der Waals surface area (Å²) in [5.74, 6) is 0.259. The van der Waals surface area contributed by atoms with Gasteiger partial charge in [-0.05, 0) is 31.4 Å². The van der Waals surface area contributed by atoms with E-state index in [1.165, 1.54) is 16.5 Å². The van der Waals surface area contributed by atoms with E-state index in [9.17, 15) is 14.4 Å². The molecule has 1 fully saturated rings. The van der Waals surface area contributed by atoms with Crippen molar-refractivity contribution in [3.8, 4) is 0 Å². The van der Waals surface area contributed by atoms with Crippen molar-refractivity contribution in [2.45, 2.75) is 19.9 Å². The fourth-order valence-electron chi connectivity index (χ4n) is 3.35. The van der Waals surface area contributed by atoms with Crippen molar-refractivity contribution in [2.24, 2.45) is 5.92 Å². The zero-order valence-corrected chi connectivity index (χ0v) is 15.1. The first-order valence-electron chi connectivity index (χ1n) is 8.78. The number of amides is 1. The minimum absolute atomic E-state index is 0.0674. The van der Waals surface area contributed by atoms with Crippen molar-refractivity contribution in [1.29, 1.82) is 0 Å². The van der Waals surface area contributed by atoms with Crippen molar-refractivity contribution in [1.82, 2.24) is 14.5 Å². The predicted octanol–water partition coefficient (Wildman–Crippen LogP) is 0.830. The van der Waals surface area contributed by atoms with E-state index >= 15 is 0 Å². The molecule has 2 aromatic rings. The summed E-state index contributed by atoms with van der Waals surface area (Å²) in [7, 11) is 1.76. The maximum atomic E-state index is 12.5. The van der Waals surface area contributed by atoms with E-state index in [-0.39, 0.29) is 12.5 Å². The summed E-state index contributed by atoms with van der Waals surface area (Å²) in [5, 5.41) is 0. The van der Waals surface area contributed by atoms with Gasteiger partial charge in [-0.2, -0.15) is 0 Å². The monoisotopic (exact) mass is 356 g/mol. The summed E-state index contributed by atoms with van der Waals surface area (Å²) >= 11 is 0. The number of carbonyl (C=O) groups is 1. The molecule has 0 aliphatic carbocycles. The van der Waals surface area contributed by atoms with Gasteiger partial charge >= 0.3 is 5.69 Å². The number of hydrogen-bond acceptors (Lipinski definition) is 4. The lowest BCUT2D eigenvalue weighted by molar-refractivity contribution is -0.131. The molecule has 1 aromatic carbocycles. The van der Waals surface area contributed by atoms with E-state index in [0.717, 1.165) is 19.5 Å². The first kappa shape index (κ1) is 18.0. The lowest BCUT2D eigenvalue weighted by atomic mass is 10.1. The van der Waals surface area contributed by atoms with Gasteiger partial charge in [-0.3, -0.25) is 19.1 Å². The maximum absolute atomic E-state index is 12.5. The van der Waals surface area contributed by atoms with Gasteiger partial charge in [-0.1, -0.05) is 18.2 Å². The Bertz CT molecular complexity index is 888. The summed E-state index contributed by atoms with van der Waals surface area (Å²) in [6.45, 7) is 4.09. The summed E-state index contributed by atoms with van der Waals surface area (Å²) < 4.78 is 1.25. The molecule has 1 atom stereocenters. The standard InChI is InChI=1S/C19H24N4O3/c1-14-10-23(19(26)20-18(14)25)13-17(24)21(2)11-15-8-9-22(12-15)16-6-4-3-5-7-16/h3-7,10,15H,8-9,11-13H2,1-2H3,(H,20,25,26)/t15-/m0/s1. The number of nitrogens with one attached hydrogen (secondary N) is 1. The van der Waals surface area contributed by atoms with Gasteiger partial charge in [-0.15, -0.1) is 0 Å². The number of aromatic amines is 1. The Balaban J connectivity index is 1.58. The maximum Gasteiger partial charge on any atom is 0.328 e. The number of carbonyl (C=O) groups excluding carboxylic acids is 1. The van der Waals surface area contributed by atoms with E-state index in [1.807, 2.05) is 18.2 Å². The summed E-state index contributed by atoms with van der Waals surface area (Å²) in [4.78, 5) is 41.9. The van der Waals surface area contributed by atoms with Crippen LogP contribution in [0.5, 0.6) is 0 Å². The van der Waals surface area contributed by atoms with Crippen LogP contribution in [0.3, 0.4) is 0 Å². The smallest absolute Gasteiger partial charge is 0.328 e. The number of hydrogen-bond donors (Lipinski definition) is 1. The zero-order chi connectivity index (χ0) is 18.7. The molecule has 26 heavy (non-hydrogen) atoms. The second-order valence-corrected chi connectivity index (χ2v) is 6.91. The van der Waals surface area contributed by atoms with Gasteiger partial charge in [0.15, 0.2) is 0 Å². The van der Waals surface area contributed by atoms with Gasteiger partial charge < -0.3 is 9.80 Å². The van der Waals surface area contributed by atoms with E-state index in [2.05, 4.69) is 22.0 Å². The highest BCUT2D eigenvalue weighted by Gasteiger charge is 2.25. The van der Waals surface area contributed by atoms with Crippen LogP contribution in [0.1, 0.15) is 12.0 Å². The number of benzene rings is 1. The molecule has 1 saturated heterocycles. The number of aryl methyl sites for hydroxylation is 1. The Morgan fingerprint density at radius 1 is 1.27 bits per heavy atom. The van der Waals surface area contributed by atoms with E-state index < -0.39 is 11.2 Å². The largest absolute Gasteiger partial charge is 0.371 e. The Morgan fingerprint density at radius 2 is 2.00 bits per heavy atom. The molecule has 0 saturated carbocycles. The van der Waals surface area contributed by atoms with Crippen molar-refractivity contribution in [2.75, 3.05) is 31.6 Å². The minimum atomic E-state index is -0.557. The number of nitrogens with zero attached hydrogens (tertiary/aromatic N) is 3. The predicted molar refractivity (Wildman–Crippen MR) is 100 cm³/mol. The van der Waals surface area contributed by atoms with Gasteiger partial charge in [0.1, 0.15) is 6.54 Å². The molecule has 1 amide bonds. The molecule has 138 valence electrons. The molecule has 0 unspecified atom stereocenters. The van der Waals surface area contributed by atoms with Gasteiger partial charge in [0, 0.05) is 44.1 Å². The van der Waals surface area contributed by atoms with Gasteiger partial charge in [0.25, 0.3) is 5.56 Å². The van der Waals surface area contributed by atoms with Crippen molar-refractivity contribution in [3.05, 3.63) is 62.9 Å². The van der Waals surface area contributed by atoms with Crippen LogP contribution in [-0.4, -0.2) is 47.0 Å². The molecule has 1 N–H and O–H groups in total. The molecule has 0 spiro atoms. The SMILES string of the molecule is Cc1cn(CC(=O)N(C)C[C@@H]2CCN(c3ccccc3)C2)c(=O)[nH]c1=O. The molecule has 1 aliphatic heterocycles. The highest BCUT2D eigenvalue weighted by Crippen LogP contribution is 2.23. The molecule has 0 radical (unpaired) electrons. The first-order chi connectivity index (χ1) is 12.4. The lowest BCUT2D eigenvalue weighted by Crippen LogP contribution is -2.39. The van der Waals surface area contributed by atoms with Crippen LogP contribution in [0.4, 0.5) is 5.69 Å². The van der Waals surface area contributed by atoms with Crippen molar-refractivity contribution < 1.29 is 4.79 Å². The van der Waals surface area contributed by atoms with Crippen molar-refractivity contribution in [3.63, 3.8) is 0 Å². The third-order valence-corrected chi connectivity index (χ3v) is 4.86. The molecular weight excluding hydrogens is 332 g/mol.